The molecular formula is C23H34N2O3. The molecule has 1 saturated heterocycles. The molecule has 0 N–H and O–H groups in total. The maximum Gasteiger partial charge on any atom is 0.340 e. The Hall–Kier alpha value is -1.85. The monoisotopic (exact) mass is 386 g/mol. The molecule has 154 valence electrons. The van der Waals surface area contributed by atoms with Crippen LogP contribution in [0.15, 0.2) is 30.5 Å². The number of likely N-dealkylation sites (tertiary alicyclic amines) is 1. The molecule has 5 nitrogen and oxygen atoms in total. The molecule has 1 atom stereocenters. The van der Waals surface area contributed by atoms with Crippen molar-refractivity contribution in [2.45, 2.75) is 45.6 Å². The van der Waals surface area contributed by atoms with Crippen molar-refractivity contribution in [1.29, 1.82) is 0 Å². The maximum absolute atomic E-state index is 12.1. The molecule has 0 radical (unpaired) electrons. The summed E-state index contributed by atoms with van der Waals surface area (Å²) < 4.78 is 12.7. The number of benzene rings is 1. The summed E-state index contributed by atoms with van der Waals surface area (Å²) in [5.74, 6) is 0.549. The zero-order valence-corrected chi connectivity index (χ0v) is 17.4. The van der Waals surface area contributed by atoms with Crippen molar-refractivity contribution >= 4 is 16.9 Å². The summed E-state index contributed by atoms with van der Waals surface area (Å²) in [6.07, 6.45) is 8.13. The smallest absolute Gasteiger partial charge is 0.340 e. The van der Waals surface area contributed by atoms with Crippen LogP contribution in [0.3, 0.4) is 0 Å². The highest BCUT2D eigenvalue weighted by atomic mass is 16.5. The zero-order valence-electron chi connectivity index (χ0n) is 17.4. The van der Waals surface area contributed by atoms with E-state index in [1.54, 1.807) is 0 Å². The van der Waals surface area contributed by atoms with E-state index < -0.39 is 0 Å². The van der Waals surface area contributed by atoms with Crippen LogP contribution in [0.4, 0.5) is 0 Å². The zero-order chi connectivity index (χ0) is 19.8. The standard InChI is InChI=1S/C23H34N2O3/c1-3-28-17-12-19-8-6-13-24(16-11-19)14-7-15-25-18-21(23(26)27-2)20-9-4-5-10-22(20)25/h4-5,9-10,18-19H,3,6-8,11-17H2,1-2H3. The van der Waals surface area contributed by atoms with Crippen molar-refractivity contribution in [1.82, 2.24) is 9.47 Å². The number of hydrogen-bond acceptors (Lipinski definition) is 4. The van der Waals surface area contributed by atoms with Crippen molar-refractivity contribution in [3.05, 3.63) is 36.0 Å². The number of ether oxygens (including phenoxy) is 2. The lowest BCUT2D eigenvalue weighted by Gasteiger charge is -2.20. The number of methoxy groups -OCH3 is 1. The van der Waals surface area contributed by atoms with Gasteiger partial charge in [0.2, 0.25) is 0 Å². The van der Waals surface area contributed by atoms with Crippen molar-refractivity contribution in [3.63, 3.8) is 0 Å². The van der Waals surface area contributed by atoms with E-state index in [0.717, 1.165) is 49.5 Å². The highest BCUT2D eigenvalue weighted by Gasteiger charge is 2.18. The summed E-state index contributed by atoms with van der Waals surface area (Å²) in [6.45, 7) is 8.22. The molecular weight excluding hydrogens is 352 g/mol. The van der Waals surface area contributed by atoms with E-state index in [1.807, 2.05) is 24.4 Å². The molecule has 1 unspecified atom stereocenters. The number of para-hydroxylation sites is 1. The summed E-state index contributed by atoms with van der Waals surface area (Å²) in [5.41, 5.74) is 1.76. The number of aromatic nitrogens is 1. The lowest BCUT2D eigenvalue weighted by Crippen LogP contribution is -2.26. The fourth-order valence-corrected chi connectivity index (χ4v) is 4.30. The second-order valence-corrected chi connectivity index (χ2v) is 7.72. The van der Waals surface area contributed by atoms with Crippen LogP contribution >= 0.6 is 0 Å². The molecule has 0 bridgehead atoms. The van der Waals surface area contributed by atoms with E-state index in [0.29, 0.717) is 5.56 Å². The van der Waals surface area contributed by atoms with Gasteiger partial charge in [-0.25, -0.2) is 4.79 Å². The number of rotatable bonds is 9. The van der Waals surface area contributed by atoms with Crippen LogP contribution in [0.1, 0.15) is 49.4 Å². The maximum atomic E-state index is 12.1. The van der Waals surface area contributed by atoms with Crippen LogP contribution in [0.2, 0.25) is 0 Å². The van der Waals surface area contributed by atoms with Gasteiger partial charge in [-0.15, -0.1) is 0 Å². The lowest BCUT2D eigenvalue weighted by atomic mass is 9.97. The van der Waals surface area contributed by atoms with Gasteiger partial charge in [-0.05, 0) is 70.6 Å². The molecule has 1 aromatic carbocycles. The molecule has 1 aliphatic heterocycles. The van der Waals surface area contributed by atoms with Crippen molar-refractivity contribution in [2.75, 3.05) is 40.0 Å². The van der Waals surface area contributed by atoms with Crippen LogP contribution in [0, 0.1) is 5.92 Å². The quantitative estimate of drug-likeness (QED) is 0.475. The normalized spacial score (nSPS) is 18.3. The first-order chi connectivity index (χ1) is 13.7. The Kier molecular flexibility index (Phi) is 7.92. The Morgan fingerprint density at radius 1 is 1.18 bits per heavy atom. The van der Waals surface area contributed by atoms with Gasteiger partial charge in [0.25, 0.3) is 0 Å². The van der Waals surface area contributed by atoms with Crippen LogP contribution in [0.5, 0.6) is 0 Å². The Balaban J connectivity index is 1.52. The predicted octanol–water partition coefficient (Wildman–Crippen LogP) is 4.35. The van der Waals surface area contributed by atoms with Crippen LogP contribution in [-0.2, 0) is 16.0 Å². The van der Waals surface area contributed by atoms with Gasteiger partial charge < -0.3 is 18.9 Å². The number of carbonyl (C=O) groups is 1. The lowest BCUT2D eigenvalue weighted by molar-refractivity contribution is 0.0602. The van der Waals surface area contributed by atoms with Crippen molar-refractivity contribution in [3.8, 4) is 0 Å². The van der Waals surface area contributed by atoms with E-state index in [-0.39, 0.29) is 5.97 Å². The second-order valence-electron chi connectivity index (χ2n) is 7.72. The topological polar surface area (TPSA) is 43.7 Å². The van der Waals surface area contributed by atoms with Gasteiger partial charge in [0.1, 0.15) is 0 Å². The third-order valence-electron chi connectivity index (χ3n) is 5.88. The van der Waals surface area contributed by atoms with Crippen LogP contribution in [-0.4, -0.2) is 55.4 Å². The minimum Gasteiger partial charge on any atom is -0.465 e. The fraction of sp³-hybridized carbons (Fsp3) is 0.609. The SMILES string of the molecule is CCOCCC1CCCN(CCCn2cc(C(=O)OC)c3ccccc32)CC1. The molecule has 1 fully saturated rings. The summed E-state index contributed by atoms with van der Waals surface area (Å²) in [7, 11) is 1.44. The number of carbonyl (C=O) groups excluding carboxylic acids is 1. The van der Waals surface area contributed by atoms with E-state index >= 15 is 0 Å². The van der Waals surface area contributed by atoms with Gasteiger partial charge >= 0.3 is 5.97 Å². The van der Waals surface area contributed by atoms with Gasteiger partial charge in [-0.1, -0.05) is 18.2 Å². The number of fused-ring (bicyclic) bond motifs is 1. The average molecular weight is 387 g/mol. The molecule has 1 aliphatic rings. The summed E-state index contributed by atoms with van der Waals surface area (Å²) >= 11 is 0. The Bertz CT molecular complexity index is 755. The first-order valence-electron chi connectivity index (χ1n) is 10.7. The highest BCUT2D eigenvalue weighted by Crippen LogP contribution is 2.23. The average Bonchev–Trinajstić information content (AvgIpc) is 2.93. The molecule has 2 aromatic rings. The van der Waals surface area contributed by atoms with Crippen molar-refractivity contribution in [2.24, 2.45) is 5.92 Å². The minimum absolute atomic E-state index is 0.263. The Morgan fingerprint density at radius 2 is 2.04 bits per heavy atom. The van der Waals surface area contributed by atoms with Gasteiger partial charge in [0, 0.05) is 36.9 Å². The fourth-order valence-electron chi connectivity index (χ4n) is 4.30. The van der Waals surface area contributed by atoms with E-state index in [2.05, 4.69) is 22.5 Å². The number of nitrogens with zero attached hydrogens (tertiary/aromatic N) is 2. The molecule has 0 amide bonds. The highest BCUT2D eigenvalue weighted by molar-refractivity contribution is 6.04. The van der Waals surface area contributed by atoms with Gasteiger partial charge in [0.05, 0.1) is 12.7 Å². The largest absolute Gasteiger partial charge is 0.465 e. The first-order valence-corrected chi connectivity index (χ1v) is 10.7. The Morgan fingerprint density at radius 3 is 2.86 bits per heavy atom. The molecule has 0 aliphatic carbocycles. The predicted molar refractivity (Wildman–Crippen MR) is 113 cm³/mol. The number of hydrogen-bond donors (Lipinski definition) is 0. The summed E-state index contributed by atoms with van der Waals surface area (Å²) in [6, 6.07) is 8.07. The van der Waals surface area contributed by atoms with Crippen LogP contribution < -0.4 is 0 Å². The van der Waals surface area contributed by atoms with Crippen LogP contribution in [0.25, 0.3) is 10.9 Å². The summed E-state index contributed by atoms with van der Waals surface area (Å²) in [4.78, 5) is 14.7. The number of aryl methyl sites for hydroxylation is 1. The van der Waals surface area contributed by atoms with Gasteiger partial charge in [-0.2, -0.15) is 0 Å². The number of esters is 1. The molecule has 3 rings (SSSR count). The van der Waals surface area contributed by atoms with E-state index in [4.69, 9.17) is 9.47 Å². The van der Waals surface area contributed by atoms with Crippen molar-refractivity contribution < 1.29 is 14.3 Å². The van der Waals surface area contributed by atoms with Gasteiger partial charge in [-0.3, -0.25) is 0 Å². The first kappa shape index (κ1) is 20.9. The molecule has 0 saturated carbocycles. The molecule has 28 heavy (non-hydrogen) atoms. The second kappa shape index (κ2) is 10.6. The molecule has 1 aromatic heterocycles. The molecule has 5 heteroatoms. The van der Waals surface area contributed by atoms with Gasteiger partial charge in [0.15, 0.2) is 0 Å². The summed E-state index contributed by atoms with van der Waals surface area (Å²) in [5, 5.41) is 0.973. The third-order valence-corrected chi connectivity index (χ3v) is 5.88. The minimum atomic E-state index is -0.263. The van der Waals surface area contributed by atoms with E-state index in [9.17, 15) is 4.79 Å². The van der Waals surface area contributed by atoms with E-state index in [1.165, 1.54) is 45.9 Å². The molecule has 2 heterocycles. The molecule has 0 spiro atoms. The third kappa shape index (κ3) is 5.36. The Labute approximate surface area is 168 Å².